The average molecular weight is 340 g/mol. The molecular formula is C21H28N2O2+2. The number of nitrogens with one attached hydrogen (secondary N) is 2. The summed E-state index contributed by atoms with van der Waals surface area (Å²) in [5, 5.41) is 0. The first kappa shape index (κ1) is 17.6. The zero-order valence-corrected chi connectivity index (χ0v) is 14.7. The van der Waals surface area contributed by atoms with Crippen LogP contribution >= 0.6 is 0 Å². The van der Waals surface area contributed by atoms with Crippen molar-refractivity contribution in [3.63, 3.8) is 0 Å². The molecule has 1 saturated heterocycles. The Kier molecular flexibility index (Phi) is 6.60. The lowest BCUT2D eigenvalue weighted by atomic mass is 10.2. The van der Waals surface area contributed by atoms with E-state index in [-0.39, 0.29) is 0 Å². The van der Waals surface area contributed by atoms with Gasteiger partial charge >= 0.3 is 0 Å². The van der Waals surface area contributed by atoms with Crippen LogP contribution < -0.4 is 14.5 Å². The Hall–Kier alpha value is -2.17. The highest BCUT2D eigenvalue weighted by Crippen LogP contribution is 2.10. The number of carbonyl (C=O) groups is 1. The number of rotatable bonds is 8. The van der Waals surface area contributed by atoms with Crippen LogP contribution in [-0.4, -0.2) is 45.6 Å². The second kappa shape index (κ2) is 9.35. The minimum absolute atomic E-state index is 0.688. The number of quaternary nitrogens is 2. The largest absolute Gasteiger partial charge is 0.493 e. The number of piperazine rings is 1. The number of hydrogen-bond donors (Lipinski definition) is 2. The number of ether oxygens (including phenoxy) is 1. The molecule has 4 heteroatoms. The van der Waals surface area contributed by atoms with Crippen molar-refractivity contribution >= 4 is 6.29 Å². The van der Waals surface area contributed by atoms with Gasteiger partial charge in [0, 0.05) is 17.5 Å². The van der Waals surface area contributed by atoms with Crippen molar-refractivity contribution < 1.29 is 19.3 Å². The van der Waals surface area contributed by atoms with Crippen molar-refractivity contribution in [2.24, 2.45) is 0 Å². The molecule has 0 bridgehead atoms. The molecule has 0 radical (unpaired) electrons. The van der Waals surface area contributed by atoms with E-state index in [1.54, 1.807) is 21.9 Å². The van der Waals surface area contributed by atoms with Gasteiger partial charge in [-0.05, 0) is 24.3 Å². The smallest absolute Gasteiger partial charge is 0.150 e. The summed E-state index contributed by atoms with van der Waals surface area (Å²) in [5.41, 5.74) is 2.13. The first-order chi connectivity index (χ1) is 12.3. The molecule has 0 atom stereocenters. The molecule has 1 aliphatic heterocycles. The zero-order chi connectivity index (χ0) is 17.3. The standard InChI is InChI=1S/C21H26N2O2/c24-18-20-7-9-21(10-8-20)25-16-4-11-22-12-14-23(15-13-22)17-19-5-2-1-3-6-19/h1-3,5-10,18H,4,11-17H2/p+2. The van der Waals surface area contributed by atoms with E-state index >= 15 is 0 Å². The lowest BCUT2D eigenvalue weighted by Crippen LogP contribution is -3.27. The third-order valence-electron chi connectivity index (χ3n) is 4.92. The molecule has 1 heterocycles. The van der Waals surface area contributed by atoms with Gasteiger partial charge in [0.25, 0.3) is 0 Å². The van der Waals surface area contributed by atoms with E-state index in [0.29, 0.717) is 5.56 Å². The van der Waals surface area contributed by atoms with E-state index in [9.17, 15) is 4.79 Å². The summed E-state index contributed by atoms with van der Waals surface area (Å²) >= 11 is 0. The van der Waals surface area contributed by atoms with Crippen LogP contribution in [0.5, 0.6) is 5.75 Å². The third-order valence-corrected chi connectivity index (χ3v) is 4.92. The summed E-state index contributed by atoms with van der Waals surface area (Å²) < 4.78 is 5.76. The van der Waals surface area contributed by atoms with Gasteiger partial charge in [0.2, 0.25) is 0 Å². The van der Waals surface area contributed by atoms with E-state index in [2.05, 4.69) is 30.3 Å². The van der Waals surface area contributed by atoms with Gasteiger partial charge in [0.15, 0.2) is 0 Å². The molecule has 2 N–H and O–H groups in total. The average Bonchev–Trinajstić information content (AvgIpc) is 2.68. The highest BCUT2D eigenvalue weighted by molar-refractivity contribution is 5.74. The van der Waals surface area contributed by atoms with Crippen LogP contribution in [-0.2, 0) is 6.54 Å². The molecule has 0 spiro atoms. The van der Waals surface area contributed by atoms with Crippen LogP contribution in [0.3, 0.4) is 0 Å². The Morgan fingerprint density at radius 3 is 2.24 bits per heavy atom. The summed E-state index contributed by atoms with van der Waals surface area (Å²) in [6.45, 7) is 8.05. The maximum Gasteiger partial charge on any atom is 0.150 e. The maximum atomic E-state index is 10.6. The lowest BCUT2D eigenvalue weighted by Gasteiger charge is -2.29. The minimum atomic E-state index is 0.688. The number of carbonyl (C=O) groups excluding carboxylic acids is 1. The monoisotopic (exact) mass is 340 g/mol. The molecular weight excluding hydrogens is 312 g/mol. The van der Waals surface area contributed by atoms with Crippen LogP contribution in [0.25, 0.3) is 0 Å². The Bertz CT molecular complexity index is 635. The molecule has 0 saturated carbocycles. The lowest BCUT2D eigenvalue weighted by molar-refractivity contribution is -1.02. The maximum absolute atomic E-state index is 10.6. The van der Waals surface area contributed by atoms with Crippen LogP contribution in [0, 0.1) is 0 Å². The van der Waals surface area contributed by atoms with Crippen molar-refractivity contribution in [1.29, 1.82) is 0 Å². The van der Waals surface area contributed by atoms with Gasteiger partial charge < -0.3 is 14.5 Å². The molecule has 1 aliphatic rings. The van der Waals surface area contributed by atoms with Crippen LogP contribution in [0.1, 0.15) is 22.3 Å². The van der Waals surface area contributed by atoms with Gasteiger partial charge in [-0.25, -0.2) is 0 Å². The van der Waals surface area contributed by atoms with Gasteiger partial charge in [-0.3, -0.25) is 4.79 Å². The van der Waals surface area contributed by atoms with Crippen molar-refractivity contribution in [3.05, 3.63) is 65.7 Å². The van der Waals surface area contributed by atoms with E-state index < -0.39 is 0 Å². The van der Waals surface area contributed by atoms with Crippen molar-refractivity contribution in [1.82, 2.24) is 0 Å². The quantitative estimate of drug-likeness (QED) is 0.534. The minimum Gasteiger partial charge on any atom is -0.493 e. The molecule has 0 unspecified atom stereocenters. The SMILES string of the molecule is O=Cc1ccc(OCCC[NH+]2CC[NH+](Cc3ccccc3)CC2)cc1. The predicted molar refractivity (Wildman–Crippen MR) is 98.3 cm³/mol. The normalized spacial score (nSPS) is 20.2. The molecule has 3 rings (SSSR count). The summed E-state index contributed by atoms with van der Waals surface area (Å²) in [4.78, 5) is 14.0. The van der Waals surface area contributed by atoms with E-state index in [1.807, 2.05) is 12.1 Å². The van der Waals surface area contributed by atoms with Gasteiger partial charge in [-0.1, -0.05) is 30.3 Å². The Labute approximate surface area is 150 Å². The zero-order valence-electron chi connectivity index (χ0n) is 14.7. The number of aldehydes is 1. The van der Waals surface area contributed by atoms with E-state index in [1.165, 1.54) is 38.3 Å². The molecule has 0 amide bonds. The van der Waals surface area contributed by atoms with Crippen LogP contribution in [0.4, 0.5) is 0 Å². The summed E-state index contributed by atoms with van der Waals surface area (Å²) in [7, 11) is 0. The summed E-state index contributed by atoms with van der Waals surface area (Å²) in [5.74, 6) is 0.845. The van der Waals surface area contributed by atoms with Gasteiger partial charge in [-0.2, -0.15) is 0 Å². The first-order valence-electron chi connectivity index (χ1n) is 9.22. The summed E-state index contributed by atoms with van der Waals surface area (Å²) in [6.07, 6.45) is 1.92. The highest BCUT2D eigenvalue weighted by Gasteiger charge is 2.22. The molecule has 2 aromatic carbocycles. The Balaban J connectivity index is 1.30. The Morgan fingerprint density at radius 1 is 0.880 bits per heavy atom. The second-order valence-electron chi connectivity index (χ2n) is 6.80. The fraction of sp³-hybridized carbons (Fsp3) is 0.381. The Morgan fingerprint density at radius 2 is 1.56 bits per heavy atom. The molecule has 2 aromatic rings. The summed E-state index contributed by atoms with van der Waals surface area (Å²) in [6, 6.07) is 18.1. The highest BCUT2D eigenvalue weighted by atomic mass is 16.5. The molecule has 132 valence electrons. The molecule has 25 heavy (non-hydrogen) atoms. The van der Waals surface area contributed by atoms with Crippen molar-refractivity contribution in [2.45, 2.75) is 13.0 Å². The third kappa shape index (κ3) is 5.69. The molecule has 1 fully saturated rings. The second-order valence-corrected chi connectivity index (χ2v) is 6.80. The van der Waals surface area contributed by atoms with E-state index in [4.69, 9.17) is 4.74 Å². The number of benzene rings is 2. The van der Waals surface area contributed by atoms with E-state index in [0.717, 1.165) is 31.6 Å². The van der Waals surface area contributed by atoms with Gasteiger partial charge in [-0.15, -0.1) is 0 Å². The topological polar surface area (TPSA) is 35.2 Å². The molecule has 0 aliphatic carbocycles. The van der Waals surface area contributed by atoms with Gasteiger partial charge in [0.1, 0.15) is 44.8 Å². The predicted octanol–water partition coefficient (Wildman–Crippen LogP) is 0.252. The fourth-order valence-electron chi connectivity index (χ4n) is 3.42. The van der Waals surface area contributed by atoms with Gasteiger partial charge in [0.05, 0.1) is 13.2 Å². The van der Waals surface area contributed by atoms with Crippen LogP contribution in [0.15, 0.2) is 54.6 Å². The molecule has 4 nitrogen and oxygen atoms in total. The van der Waals surface area contributed by atoms with Crippen molar-refractivity contribution in [3.8, 4) is 5.75 Å². The fourth-order valence-corrected chi connectivity index (χ4v) is 3.42. The van der Waals surface area contributed by atoms with Crippen molar-refractivity contribution in [2.75, 3.05) is 39.3 Å². The van der Waals surface area contributed by atoms with Crippen LogP contribution in [0.2, 0.25) is 0 Å². The molecule has 0 aromatic heterocycles. The number of hydrogen-bond acceptors (Lipinski definition) is 2. The first-order valence-corrected chi connectivity index (χ1v) is 9.22.